The van der Waals surface area contributed by atoms with Gasteiger partial charge in [-0.15, -0.1) is 0 Å². The highest BCUT2D eigenvalue weighted by Crippen LogP contribution is 2.28. The van der Waals surface area contributed by atoms with Crippen molar-refractivity contribution in [2.75, 3.05) is 5.01 Å². The van der Waals surface area contributed by atoms with Gasteiger partial charge in [0.05, 0.1) is 34.2 Å². The number of carbonyl (C=O) groups excluding carboxylic acids is 2. The van der Waals surface area contributed by atoms with Crippen molar-refractivity contribution in [3.63, 3.8) is 0 Å². The van der Waals surface area contributed by atoms with Gasteiger partial charge in [-0.2, -0.15) is 10.1 Å². The molecule has 0 bridgehead atoms. The molecule has 8 nitrogen and oxygen atoms in total. The number of ether oxygens (including phenoxy) is 1. The molecule has 0 aliphatic carbocycles. The molecule has 0 radical (unpaired) electrons. The van der Waals surface area contributed by atoms with Gasteiger partial charge in [-0.05, 0) is 75.4 Å². The lowest BCUT2D eigenvalue weighted by Gasteiger charge is -2.11. The number of carbonyl (C=O) groups is 3. The molecule has 0 atom stereocenters. The summed E-state index contributed by atoms with van der Waals surface area (Å²) in [5.41, 5.74) is 2.70. The van der Waals surface area contributed by atoms with Crippen molar-refractivity contribution in [3.8, 4) is 11.3 Å². The molecule has 0 saturated carbocycles. The van der Waals surface area contributed by atoms with Crippen LogP contribution in [0.1, 0.15) is 47.2 Å². The number of benzene rings is 2. The Morgan fingerprint density at radius 1 is 1.00 bits per heavy atom. The average molecular weight is 458 g/mol. The molecule has 1 aromatic heterocycles. The molecular weight excluding hydrogens is 436 g/mol. The molecule has 0 spiro atoms. The maximum Gasteiger partial charge on any atom is 0.338 e. The van der Waals surface area contributed by atoms with Gasteiger partial charge in [0.15, 0.2) is 0 Å². The van der Waals surface area contributed by atoms with Crippen LogP contribution in [0.4, 0.5) is 5.69 Å². The molecule has 0 unspecified atom stereocenters. The average Bonchev–Trinajstić information content (AvgIpc) is 3.39. The number of esters is 1. The molecule has 1 amide bonds. The Hall–Kier alpha value is -4.46. The number of furan rings is 1. The Morgan fingerprint density at radius 3 is 2.26 bits per heavy atom. The lowest BCUT2D eigenvalue weighted by Crippen LogP contribution is -2.21. The summed E-state index contributed by atoms with van der Waals surface area (Å²) in [6.45, 7) is 5.30. The van der Waals surface area contributed by atoms with Crippen LogP contribution in [0.3, 0.4) is 0 Å². The third-order valence-corrected chi connectivity index (χ3v) is 5.08. The first-order valence-electron chi connectivity index (χ1n) is 10.6. The van der Waals surface area contributed by atoms with Crippen molar-refractivity contribution in [1.29, 1.82) is 0 Å². The van der Waals surface area contributed by atoms with Crippen molar-refractivity contribution < 1.29 is 28.6 Å². The lowest BCUT2D eigenvalue weighted by atomic mass is 10.1. The third-order valence-electron chi connectivity index (χ3n) is 5.08. The highest BCUT2D eigenvalue weighted by molar-refractivity contribution is 6.32. The topological polar surface area (TPSA) is 109 Å². The van der Waals surface area contributed by atoms with E-state index >= 15 is 0 Å². The molecule has 2 aromatic carbocycles. The Kier molecular flexibility index (Phi) is 6.14. The van der Waals surface area contributed by atoms with Crippen molar-refractivity contribution in [2.45, 2.75) is 26.9 Å². The number of nitrogens with zero attached hydrogens (tertiary/aromatic N) is 2. The third kappa shape index (κ3) is 4.66. The number of carboxylic acids is 1. The Balaban J connectivity index is 1.52. The van der Waals surface area contributed by atoms with Gasteiger partial charge in [-0.3, -0.25) is 4.79 Å². The second-order valence-electron chi connectivity index (χ2n) is 7.95. The minimum Gasteiger partial charge on any atom is -0.478 e. The first kappa shape index (κ1) is 22.7. The molecule has 1 N–H and O–H groups in total. The number of aromatic carboxylic acids is 1. The molecule has 172 valence electrons. The number of hydrazone groups is 1. The van der Waals surface area contributed by atoms with E-state index < -0.39 is 5.97 Å². The van der Waals surface area contributed by atoms with Crippen LogP contribution in [0.15, 0.2) is 75.8 Å². The molecule has 1 aliphatic heterocycles. The van der Waals surface area contributed by atoms with Crippen LogP contribution < -0.4 is 5.01 Å². The highest BCUT2D eigenvalue weighted by atomic mass is 16.5. The van der Waals surface area contributed by atoms with Gasteiger partial charge < -0.3 is 14.3 Å². The normalized spacial score (nSPS) is 14.6. The predicted molar refractivity (Wildman–Crippen MR) is 127 cm³/mol. The van der Waals surface area contributed by atoms with Crippen LogP contribution in [0.2, 0.25) is 0 Å². The predicted octanol–water partition coefficient (Wildman–Crippen LogP) is 5.02. The zero-order valence-corrected chi connectivity index (χ0v) is 18.8. The summed E-state index contributed by atoms with van der Waals surface area (Å²) in [6.07, 6.45) is 1.42. The fourth-order valence-electron chi connectivity index (χ4n) is 3.39. The van der Waals surface area contributed by atoms with E-state index in [4.69, 9.17) is 14.3 Å². The molecule has 1 aliphatic rings. The lowest BCUT2D eigenvalue weighted by molar-refractivity contribution is -0.114. The van der Waals surface area contributed by atoms with Gasteiger partial charge in [0.1, 0.15) is 11.5 Å². The Bertz CT molecular complexity index is 1310. The van der Waals surface area contributed by atoms with Crippen LogP contribution in [0.5, 0.6) is 0 Å². The van der Waals surface area contributed by atoms with E-state index in [0.717, 1.165) is 5.56 Å². The first-order valence-corrected chi connectivity index (χ1v) is 10.6. The summed E-state index contributed by atoms with van der Waals surface area (Å²) in [7, 11) is 0. The van der Waals surface area contributed by atoms with E-state index in [-0.39, 0.29) is 23.5 Å². The van der Waals surface area contributed by atoms with Crippen molar-refractivity contribution in [2.24, 2.45) is 5.10 Å². The van der Waals surface area contributed by atoms with E-state index in [0.29, 0.717) is 34.1 Å². The van der Waals surface area contributed by atoms with E-state index in [2.05, 4.69) is 5.10 Å². The number of hydrogen-bond acceptors (Lipinski definition) is 6. The van der Waals surface area contributed by atoms with E-state index in [1.165, 1.54) is 29.3 Å². The maximum atomic E-state index is 12.9. The van der Waals surface area contributed by atoms with E-state index in [1.807, 2.05) is 0 Å². The van der Waals surface area contributed by atoms with Crippen molar-refractivity contribution >= 4 is 35.3 Å². The zero-order chi connectivity index (χ0) is 24.4. The van der Waals surface area contributed by atoms with Gasteiger partial charge in [0.25, 0.3) is 5.91 Å². The van der Waals surface area contributed by atoms with Crippen molar-refractivity contribution in [1.82, 2.24) is 0 Å². The fourth-order valence-corrected chi connectivity index (χ4v) is 3.39. The van der Waals surface area contributed by atoms with Gasteiger partial charge in [0, 0.05) is 5.56 Å². The molecule has 2 heterocycles. The van der Waals surface area contributed by atoms with E-state index in [9.17, 15) is 14.4 Å². The number of rotatable bonds is 6. The van der Waals surface area contributed by atoms with Gasteiger partial charge in [-0.1, -0.05) is 12.1 Å². The van der Waals surface area contributed by atoms with Crippen LogP contribution in [-0.2, 0) is 9.53 Å². The van der Waals surface area contributed by atoms with Crippen LogP contribution in [-0.4, -0.2) is 34.8 Å². The van der Waals surface area contributed by atoms with Crippen LogP contribution in [0, 0.1) is 0 Å². The molecular formula is C26H22N2O6. The Labute approximate surface area is 195 Å². The summed E-state index contributed by atoms with van der Waals surface area (Å²) >= 11 is 0. The summed E-state index contributed by atoms with van der Waals surface area (Å²) in [4.78, 5) is 36.0. The number of hydrogen-bond donors (Lipinski definition) is 1. The van der Waals surface area contributed by atoms with Gasteiger partial charge >= 0.3 is 11.9 Å². The molecule has 3 aromatic rings. The summed E-state index contributed by atoms with van der Waals surface area (Å²) in [6, 6.07) is 16.3. The second kappa shape index (κ2) is 9.19. The summed E-state index contributed by atoms with van der Waals surface area (Å²) in [5.74, 6) is -0.719. The first-order chi connectivity index (χ1) is 16.2. The number of anilines is 1. The standard InChI is InChI=1S/C26H22N2O6/c1-15(2)33-26(32)19-6-4-17(5-7-19)23-13-12-21(34-23)14-22-16(3)27-28(24(22)29)20-10-8-18(9-11-20)25(30)31/h4-15H,1-3H3,(H,30,31)/b22-14+. The maximum absolute atomic E-state index is 12.9. The number of carboxylic acid groups (broad SMARTS) is 1. The van der Waals surface area contributed by atoms with E-state index in [1.54, 1.807) is 63.2 Å². The smallest absolute Gasteiger partial charge is 0.338 e. The van der Waals surface area contributed by atoms with Gasteiger partial charge in [0.2, 0.25) is 0 Å². The SMILES string of the molecule is CC1=NN(c2ccc(C(=O)O)cc2)C(=O)/C1=C/c1ccc(-c2ccc(C(=O)OC(C)C)cc2)o1. The van der Waals surface area contributed by atoms with Crippen LogP contribution in [0.25, 0.3) is 17.4 Å². The second-order valence-corrected chi connectivity index (χ2v) is 7.95. The minimum atomic E-state index is -1.04. The quantitative estimate of drug-likeness (QED) is 0.410. The fraction of sp³-hybridized carbons (Fsp3) is 0.154. The monoisotopic (exact) mass is 458 g/mol. The highest BCUT2D eigenvalue weighted by Gasteiger charge is 2.29. The Morgan fingerprint density at radius 2 is 1.65 bits per heavy atom. The molecule has 8 heteroatoms. The summed E-state index contributed by atoms with van der Waals surface area (Å²) < 4.78 is 11.1. The zero-order valence-electron chi connectivity index (χ0n) is 18.8. The van der Waals surface area contributed by atoms with Crippen molar-refractivity contribution in [3.05, 3.63) is 83.1 Å². The largest absolute Gasteiger partial charge is 0.478 e. The molecule has 0 saturated heterocycles. The number of amides is 1. The minimum absolute atomic E-state index is 0.125. The summed E-state index contributed by atoms with van der Waals surface area (Å²) in [5, 5.41) is 14.6. The molecule has 34 heavy (non-hydrogen) atoms. The van der Waals surface area contributed by atoms with Crippen LogP contribution >= 0.6 is 0 Å². The molecule has 4 rings (SSSR count). The molecule has 0 fully saturated rings. The van der Waals surface area contributed by atoms with Gasteiger partial charge in [-0.25, -0.2) is 9.59 Å².